The molecule has 1 aromatic carbocycles. The molecular formula is C19H24N3. The van der Waals surface area contributed by atoms with Gasteiger partial charge in [0.25, 0.3) is 0 Å². The lowest BCUT2D eigenvalue weighted by atomic mass is 9.99. The summed E-state index contributed by atoms with van der Waals surface area (Å²) in [6, 6.07) is 9.19. The van der Waals surface area contributed by atoms with Crippen LogP contribution in [0.15, 0.2) is 24.3 Å². The molecule has 0 fully saturated rings. The van der Waals surface area contributed by atoms with Gasteiger partial charge < -0.3 is 0 Å². The normalized spacial score (nSPS) is 18.8. The third kappa shape index (κ3) is 2.91. The molecule has 1 aliphatic rings. The first-order chi connectivity index (χ1) is 10.7. The van der Waals surface area contributed by atoms with E-state index < -0.39 is 0 Å². The van der Waals surface area contributed by atoms with Crippen molar-refractivity contribution in [1.29, 1.82) is 0 Å². The van der Waals surface area contributed by atoms with Gasteiger partial charge >= 0.3 is 0 Å². The average Bonchev–Trinajstić information content (AvgIpc) is 2.74. The quantitative estimate of drug-likeness (QED) is 0.868. The molecule has 1 atom stereocenters. The standard InChI is InChI=1S/C19H24N3/c1-4-16-12-18-17(10-11-22(16)5-2)19(21-13-20-18)15-8-6-14(3)7-9-15/h6-9,16H,4-5,10-12H2,1-3H3. The van der Waals surface area contributed by atoms with Crippen molar-refractivity contribution in [3.63, 3.8) is 0 Å². The summed E-state index contributed by atoms with van der Waals surface area (Å²) >= 11 is 0. The van der Waals surface area contributed by atoms with Crippen LogP contribution in [-0.4, -0.2) is 34.0 Å². The zero-order valence-corrected chi connectivity index (χ0v) is 13.8. The van der Waals surface area contributed by atoms with E-state index in [0.717, 1.165) is 38.0 Å². The Hall–Kier alpha value is -1.74. The van der Waals surface area contributed by atoms with Gasteiger partial charge in [-0.1, -0.05) is 43.7 Å². The molecule has 1 radical (unpaired) electrons. The molecule has 0 bridgehead atoms. The van der Waals surface area contributed by atoms with Crippen LogP contribution in [-0.2, 0) is 12.8 Å². The number of nitrogens with zero attached hydrogens (tertiary/aromatic N) is 3. The Kier molecular flexibility index (Phi) is 4.53. The molecule has 22 heavy (non-hydrogen) atoms. The first-order valence-corrected chi connectivity index (χ1v) is 8.29. The first-order valence-electron chi connectivity index (χ1n) is 8.29. The van der Waals surface area contributed by atoms with Crippen LogP contribution >= 0.6 is 0 Å². The highest BCUT2D eigenvalue weighted by atomic mass is 15.2. The number of aryl methyl sites for hydroxylation is 1. The van der Waals surface area contributed by atoms with Crippen LogP contribution in [0.5, 0.6) is 0 Å². The van der Waals surface area contributed by atoms with Gasteiger partial charge in [-0.15, -0.1) is 0 Å². The van der Waals surface area contributed by atoms with Gasteiger partial charge in [0.2, 0.25) is 0 Å². The molecule has 0 amide bonds. The van der Waals surface area contributed by atoms with E-state index in [1.54, 1.807) is 0 Å². The molecule has 3 nitrogen and oxygen atoms in total. The molecule has 1 aliphatic heterocycles. The van der Waals surface area contributed by atoms with Crippen LogP contribution in [0.1, 0.15) is 37.1 Å². The Labute approximate surface area is 133 Å². The van der Waals surface area contributed by atoms with Crippen molar-refractivity contribution in [2.75, 3.05) is 13.1 Å². The zero-order valence-electron chi connectivity index (χ0n) is 13.8. The maximum atomic E-state index is 4.49. The van der Waals surface area contributed by atoms with E-state index in [-0.39, 0.29) is 0 Å². The van der Waals surface area contributed by atoms with E-state index in [2.05, 4.69) is 66.2 Å². The Balaban J connectivity index is 2.01. The lowest BCUT2D eigenvalue weighted by Gasteiger charge is -2.27. The molecule has 1 unspecified atom stereocenters. The first kappa shape index (κ1) is 15.2. The van der Waals surface area contributed by atoms with Crippen molar-refractivity contribution in [2.45, 2.75) is 46.1 Å². The summed E-state index contributed by atoms with van der Waals surface area (Å²) in [5.41, 5.74) is 6.03. The smallest absolute Gasteiger partial charge is 0.198 e. The van der Waals surface area contributed by atoms with Crippen LogP contribution in [0.4, 0.5) is 0 Å². The number of likely N-dealkylation sites (N-methyl/N-ethyl adjacent to an activating group) is 1. The third-order valence-corrected chi connectivity index (χ3v) is 4.78. The Morgan fingerprint density at radius 2 is 1.95 bits per heavy atom. The molecule has 3 heteroatoms. The van der Waals surface area contributed by atoms with Crippen LogP contribution < -0.4 is 0 Å². The molecule has 0 spiro atoms. The van der Waals surface area contributed by atoms with E-state index in [1.807, 2.05) is 0 Å². The molecule has 3 rings (SSSR count). The Bertz CT molecular complexity index is 634. The van der Waals surface area contributed by atoms with Gasteiger partial charge in [0.15, 0.2) is 6.33 Å². The fourth-order valence-electron chi connectivity index (χ4n) is 3.40. The highest BCUT2D eigenvalue weighted by Gasteiger charge is 2.24. The SMILES string of the molecule is CCC1Cc2n[c]nc(-c3ccc(C)cc3)c2CCN1CC. The van der Waals surface area contributed by atoms with Gasteiger partial charge in [0.1, 0.15) is 0 Å². The van der Waals surface area contributed by atoms with Crippen molar-refractivity contribution < 1.29 is 0 Å². The number of benzene rings is 1. The van der Waals surface area contributed by atoms with Crippen molar-refractivity contribution >= 4 is 0 Å². The summed E-state index contributed by atoms with van der Waals surface area (Å²) in [6.07, 6.45) is 6.09. The molecular weight excluding hydrogens is 270 g/mol. The molecule has 0 aliphatic carbocycles. The van der Waals surface area contributed by atoms with Gasteiger partial charge in [0, 0.05) is 35.8 Å². The van der Waals surface area contributed by atoms with E-state index in [9.17, 15) is 0 Å². The number of hydrogen-bond donors (Lipinski definition) is 0. The zero-order chi connectivity index (χ0) is 15.5. The second kappa shape index (κ2) is 6.57. The summed E-state index contributed by atoms with van der Waals surface area (Å²) < 4.78 is 0. The van der Waals surface area contributed by atoms with Crippen LogP contribution in [0.2, 0.25) is 0 Å². The number of rotatable bonds is 3. The average molecular weight is 294 g/mol. The van der Waals surface area contributed by atoms with Crippen molar-refractivity contribution in [3.05, 3.63) is 47.4 Å². The number of hydrogen-bond acceptors (Lipinski definition) is 3. The molecule has 2 aromatic rings. The molecule has 2 heterocycles. The molecule has 0 saturated carbocycles. The minimum absolute atomic E-state index is 0.584. The highest BCUT2D eigenvalue weighted by Crippen LogP contribution is 2.28. The second-order valence-electron chi connectivity index (χ2n) is 6.11. The summed E-state index contributed by atoms with van der Waals surface area (Å²) in [5.74, 6) is 0. The van der Waals surface area contributed by atoms with Crippen molar-refractivity contribution in [3.8, 4) is 11.3 Å². The highest BCUT2D eigenvalue weighted by molar-refractivity contribution is 5.64. The van der Waals surface area contributed by atoms with E-state index in [4.69, 9.17) is 0 Å². The lowest BCUT2D eigenvalue weighted by Crippen LogP contribution is -2.36. The van der Waals surface area contributed by atoms with Crippen molar-refractivity contribution in [1.82, 2.24) is 14.9 Å². The van der Waals surface area contributed by atoms with E-state index in [0.29, 0.717) is 6.04 Å². The fourth-order valence-corrected chi connectivity index (χ4v) is 3.40. The topological polar surface area (TPSA) is 29.0 Å². The van der Waals surface area contributed by atoms with Crippen LogP contribution in [0, 0.1) is 13.3 Å². The van der Waals surface area contributed by atoms with Gasteiger partial charge in [-0.25, -0.2) is 9.97 Å². The predicted octanol–water partition coefficient (Wildman–Crippen LogP) is 3.45. The largest absolute Gasteiger partial charge is 0.300 e. The molecule has 1 aromatic heterocycles. The Morgan fingerprint density at radius 1 is 1.18 bits per heavy atom. The molecule has 0 N–H and O–H groups in total. The number of aromatic nitrogens is 2. The number of fused-ring (bicyclic) bond motifs is 1. The maximum Gasteiger partial charge on any atom is 0.198 e. The predicted molar refractivity (Wildman–Crippen MR) is 89.8 cm³/mol. The van der Waals surface area contributed by atoms with Gasteiger partial charge in [-0.05, 0) is 26.3 Å². The minimum Gasteiger partial charge on any atom is -0.300 e. The van der Waals surface area contributed by atoms with Crippen LogP contribution in [0.25, 0.3) is 11.3 Å². The summed E-state index contributed by atoms with van der Waals surface area (Å²) in [6.45, 7) is 8.82. The fraction of sp³-hybridized carbons (Fsp3) is 0.474. The lowest BCUT2D eigenvalue weighted by molar-refractivity contribution is 0.207. The van der Waals surface area contributed by atoms with Crippen molar-refractivity contribution in [2.24, 2.45) is 0 Å². The third-order valence-electron chi connectivity index (χ3n) is 4.78. The van der Waals surface area contributed by atoms with Gasteiger partial charge in [-0.2, -0.15) is 0 Å². The second-order valence-corrected chi connectivity index (χ2v) is 6.11. The summed E-state index contributed by atoms with van der Waals surface area (Å²) in [4.78, 5) is 11.5. The Morgan fingerprint density at radius 3 is 2.64 bits per heavy atom. The van der Waals surface area contributed by atoms with E-state index >= 15 is 0 Å². The van der Waals surface area contributed by atoms with Crippen LogP contribution in [0.3, 0.4) is 0 Å². The summed E-state index contributed by atoms with van der Waals surface area (Å²) in [5, 5.41) is 0. The van der Waals surface area contributed by atoms with E-state index in [1.165, 1.54) is 22.4 Å². The maximum absolute atomic E-state index is 4.49. The van der Waals surface area contributed by atoms with Gasteiger partial charge in [0.05, 0.1) is 5.69 Å². The summed E-state index contributed by atoms with van der Waals surface area (Å²) in [7, 11) is 0. The monoisotopic (exact) mass is 294 g/mol. The minimum atomic E-state index is 0.584. The molecule has 0 saturated heterocycles. The molecule has 115 valence electrons. The van der Waals surface area contributed by atoms with Gasteiger partial charge in [-0.3, -0.25) is 4.90 Å².